The minimum absolute atomic E-state index is 0.280. The molecule has 2 aromatic carbocycles. The molecule has 5 heteroatoms. The Labute approximate surface area is 141 Å². The summed E-state index contributed by atoms with van der Waals surface area (Å²) in [5.74, 6) is -0.787. The van der Waals surface area contributed by atoms with Crippen LogP contribution >= 0.6 is 0 Å². The lowest BCUT2D eigenvalue weighted by Gasteiger charge is -2.36. The molecule has 1 heterocycles. The number of piperidine rings is 1. The Bertz CT molecular complexity index is 747. The van der Waals surface area contributed by atoms with Gasteiger partial charge in [0.05, 0.1) is 11.4 Å². The molecule has 24 heavy (non-hydrogen) atoms. The number of carbonyl (C=O) groups is 1. The molecule has 1 aliphatic heterocycles. The molecule has 0 spiro atoms. The van der Waals surface area contributed by atoms with Crippen molar-refractivity contribution in [3.63, 3.8) is 0 Å². The SMILES string of the molecule is C[C@@H]1CCCCN1c1ccc(NC(=O)c2cccc(F)c2)cc1N. The van der Waals surface area contributed by atoms with E-state index in [0.717, 1.165) is 18.7 Å². The summed E-state index contributed by atoms with van der Waals surface area (Å²) in [6.07, 6.45) is 3.58. The van der Waals surface area contributed by atoms with Crippen LogP contribution in [0.5, 0.6) is 0 Å². The number of nitrogens with one attached hydrogen (secondary N) is 1. The molecule has 126 valence electrons. The van der Waals surface area contributed by atoms with Crippen LogP contribution in [0.1, 0.15) is 36.5 Å². The molecule has 0 radical (unpaired) electrons. The largest absolute Gasteiger partial charge is 0.397 e. The van der Waals surface area contributed by atoms with E-state index in [1.807, 2.05) is 12.1 Å². The second-order valence-corrected chi connectivity index (χ2v) is 6.28. The molecule has 1 aliphatic rings. The highest BCUT2D eigenvalue weighted by Crippen LogP contribution is 2.31. The highest BCUT2D eigenvalue weighted by Gasteiger charge is 2.20. The third kappa shape index (κ3) is 3.50. The number of nitrogen functional groups attached to an aromatic ring is 1. The Morgan fingerprint density at radius 2 is 2.08 bits per heavy atom. The van der Waals surface area contributed by atoms with Gasteiger partial charge < -0.3 is 16.0 Å². The van der Waals surface area contributed by atoms with E-state index in [2.05, 4.69) is 17.1 Å². The maximum Gasteiger partial charge on any atom is 0.255 e. The lowest BCUT2D eigenvalue weighted by Crippen LogP contribution is -2.37. The first-order valence-electron chi connectivity index (χ1n) is 8.27. The van der Waals surface area contributed by atoms with Crippen molar-refractivity contribution >= 4 is 23.0 Å². The van der Waals surface area contributed by atoms with Gasteiger partial charge in [0.15, 0.2) is 0 Å². The quantitative estimate of drug-likeness (QED) is 0.837. The molecule has 3 rings (SSSR count). The average molecular weight is 327 g/mol. The van der Waals surface area contributed by atoms with Crippen molar-refractivity contribution in [1.29, 1.82) is 0 Å². The number of halogens is 1. The molecular weight excluding hydrogens is 305 g/mol. The molecule has 0 unspecified atom stereocenters. The van der Waals surface area contributed by atoms with Gasteiger partial charge in [-0.3, -0.25) is 4.79 Å². The number of carbonyl (C=O) groups excluding carboxylic acids is 1. The van der Waals surface area contributed by atoms with Gasteiger partial charge in [0.25, 0.3) is 5.91 Å². The van der Waals surface area contributed by atoms with Crippen molar-refractivity contribution in [2.75, 3.05) is 22.5 Å². The fourth-order valence-corrected chi connectivity index (χ4v) is 3.18. The summed E-state index contributed by atoms with van der Waals surface area (Å²) in [6.45, 7) is 3.21. The molecule has 0 aliphatic carbocycles. The van der Waals surface area contributed by atoms with E-state index in [-0.39, 0.29) is 11.5 Å². The highest BCUT2D eigenvalue weighted by atomic mass is 19.1. The molecule has 0 saturated carbocycles. The third-order valence-electron chi connectivity index (χ3n) is 4.48. The van der Waals surface area contributed by atoms with Crippen LogP contribution in [0.4, 0.5) is 21.5 Å². The van der Waals surface area contributed by atoms with Crippen LogP contribution in [0.3, 0.4) is 0 Å². The van der Waals surface area contributed by atoms with E-state index >= 15 is 0 Å². The monoisotopic (exact) mass is 327 g/mol. The van der Waals surface area contributed by atoms with Crippen LogP contribution < -0.4 is 16.0 Å². The van der Waals surface area contributed by atoms with Gasteiger partial charge in [-0.25, -0.2) is 4.39 Å². The fourth-order valence-electron chi connectivity index (χ4n) is 3.18. The number of nitrogens with two attached hydrogens (primary N) is 1. The molecule has 3 N–H and O–H groups in total. The zero-order valence-electron chi connectivity index (χ0n) is 13.8. The van der Waals surface area contributed by atoms with Crippen LogP contribution in [-0.2, 0) is 0 Å². The predicted octanol–water partition coefficient (Wildman–Crippen LogP) is 4.04. The van der Waals surface area contributed by atoms with E-state index in [9.17, 15) is 9.18 Å². The van der Waals surface area contributed by atoms with Gasteiger partial charge in [0.1, 0.15) is 5.82 Å². The minimum Gasteiger partial charge on any atom is -0.397 e. The van der Waals surface area contributed by atoms with Crippen LogP contribution in [0, 0.1) is 5.82 Å². The summed E-state index contributed by atoms with van der Waals surface area (Å²) in [5.41, 5.74) is 8.73. The van der Waals surface area contributed by atoms with E-state index in [1.54, 1.807) is 12.1 Å². The molecular formula is C19H22FN3O. The van der Waals surface area contributed by atoms with Crippen molar-refractivity contribution in [2.24, 2.45) is 0 Å². The summed E-state index contributed by atoms with van der Waals surface area (Å²) >= 11 is 0. The average Bonchev–Trinajstić information content (AvgIpc) is 2.56. The zero-order chi connectivity index (χ0) is 17.1. The van der Waals surface area contributed by atoms with E-state index in [1.165, 1.54) is 31.0 Å². The Balaban J connectivity index is 1.76. The van der Waals surface area contributed by atoms with E-state index < -0.39 is 5.82 Å². The van der Waals surface area contributed by atoms with Gasteiger partial charge in [-0.2, -0.15) is 0 Å². The summed E-state index contributed by atoms with van der Waals surface area (Å²) < 4.78 is 13.2. The van der Waals surface area contributed by atoms with Gasteiger partial charge in [-0.15, -0.1) is 0 Å². The first-order valence-corrected chi connectivity index (χ1v) is 8.27. The van der Waals surface area contributed by atoms with Gasteiger partial charge >= 0.3 is 0 Å². The van der Waals surface area contributed by atoms with Crippen LogP contribution in [-0.4, -0.2) is 18.5 Å². The lowest BCUT2D eigenvalue weighted by atomic mass is 10.0. The molecule has 4 nitrogen and oxygen atoms in total. The van der Waals surface area contributed by atoms with Crippen molar-refractivity contribution in [3.8, 4) is 0 Å². The smallest absolute Gasteiger partial charge is 0.255 e. The highest BCUT2D eigenvalue weighted by molar-refractivity contribution is 6.04. The molecule has 0 bridgehead atoms. The maximum absolute atomic E-state index is 13.2. The number of hydrogen-bond acceptors (Lipinski definition) is 3. The number of rotatable bonds is 3. The zero-order valence-corrected chi connectivity index (χ0v) is 13.8. The Morgan fingerprint density at radius 3 is 2.79 bits per heavy atom. The van der Waals surface area contributed by atoms with Crippen LogP contribution in [0.2, 0.25) is 0 Å². The van der Waals surface area contributed by atoms with Gasteiger partial charge in [0, 0.05) is 23.8 Å². The number of hydrogen-bond donors (Lipinski definition) is 2. The Morgan fingerprint density at radius 1 is 1.25 bits per heavy atom. The van der Waals surface area contributed by atoms with Gasteiger partial charge in [-0.05, 0) is 62.6 Å². The summed E-state index contributed by atoms with van der Waals surface area (Å²) in [7, 11) is 0. The first-order chi connectivity index (χ1) is 11.5. The molecule has 0 aromatic heterocycles. The van der Waals surface area contributed by atoms with Crippen molar-refractivity contribution in [3.05, 3.63) is 53.8 Å². The van der Waals surface area contributed by atoms with E-state index in [0.29, 0.717) is 17.4 Å². The second kappa shape index (κ2) is 6.91. The van der Waals surface area contributed by atoms with Crippen molar-refractivity contribution < 1.29 is 9.18 Å². The third-order valence-corrected chi connectivity index (χ3v) is 4.48. The van der Waals surface area contributed by atoms with Gasteiger partial charge in [-0.1, -0.05) is 6.07 Å². The number of anilines is 3. The Kier molecular flexibility index (Phi) is 4.69. The summed E-state index contributed by atoms with van der Waals surface area (Å²) in [5, 5.41) is 2.76. The van der Waals surface area contributed by atoms with Crippen LogP contribution in [0.15, 0.2) is 42.5 Å². The molecule has 1 fully saturated rings. The first kappa shape index (κ1) is 16.3. The lowest BCUT2D eigenvalue weighted by molar-refractivity contribution is 0.102. The normalized spacial score (nSPS) is 17.6. The summed E-state index contributed by atoms with van der Waals surface area (Å²) in [4.78, 5) is 14.5. The van der Waals surface area contributed by atoms with Crippen molar-refractivity contribution in [1.82, 2.24) is 0 Å². The van der Waals surface area contributed by atoms with Crippen molar-refractivity contribution in [2.45, 2.75) is 32.2 Å². The van der Waals surface area contributed by atoms with E-state index in [4.69, 9.17) is 5.73 Å². The van der Waals surface area contributed by atoms with Gasteiger partial charge in [0.2, 0.25) is 0 Å². The Hall–Kier alpha value is -2.56. The molecule has 1 amide bonds. The fraction of sp³-hybridized carbons (Fsp3) is 0.316. The minimum atomic E-state index is -0.434. The topological polar surface area (TPSA) is 58.4 Å². The second-order valence-electron chi connectivity index (χ2n) is 6.28. The number of benzene rings is 2. The number of amides is 1. The molecule has 2 aromatic rings. The van der Waals surface area contributed by atoms with Crippen LogP contribution in [0.25, 0.3) is 0 Å². The molecule has 1 atom stereocenters. The number of nitrogens with zero attached hydrogens (tertiary/aromatic N) is 1. The standard InChI is InChI=1S/C19H22FN3O/c1-13-5-2-3-10-23(13)18-9-8-16(12-17(18)21)22-19(24)14-6-4-7-15(20)11-14/h4,6-9,11-13H,2-3,5,10,21H2,1H3,(H,22,24)/t13-/m1/s1. The predicted molar refractivity (Wildman–Crippen MR) is 95.9 cm³/mol. The molecule has 1 saturated heterocycles. The maximum atomic E-state index is 13.2. The summed E-state index contributed by atoms with van der Waals surface area (Å²) in [6, 6.07) is 11.6.